The quantitative estimate of drug-likeness (QED) is 0.693. The van der Waals surface area contributed by atoms with Crippen molar-refractivity contribution in [2.75, 3.05) is 5.32 Å². The van der Waals surface area contributed by atoms with Gasteiger partial charge in [-0.2, -0.15) is 0 Å². The van der Waals surface area contributed by atoms with E-state index in [-0.39, 0.29) is 0 Å². The fraction of sp³-hybridized carbons (Fsp3) is 0.333. The zero-order valence-corrected chi connectivity index (χ0v) is 9.24. The first-order valence-corrected chi connectivity index (χ1v) is 6.22. The molecule has 0 amide bonds. The van der Waals surface area contributed by atoms with Crippen molar-refractivity contribution in [1.29, 1.82) is 0 Å². The minimum Gasteiger partial charge on any atom is -0.381 e. The van der Waals surface area contributed by atoms with E-state index in [4.69, 9.17) is 0 Å². The molecule has 1 heteroatoms. The average molecular weight is 209 g/mol. The van der Waals surface area contributed by atoms with Gasteiger partial charge in [-0.1, -0.05) is 36.8 Å². The molecule has 1 saturated carbocycles. The van der Waals surface area contributed by atoms with Crippen LogP contribution >= 0.6 is 0 Å². The number of fused-ring (bicyclic) bond motifs is 5. The van der Waals surface area contributed by atoms with E-state index >= 15 is 0 Å². The number of rotatable bonds is 0. The van der Waals surface area contributed by atoms with Gasteiger partial charge < -0.3 is 5.32 Å². The van der Waals surface area contributed by atoms with E-state index in [9.17, 15) is 0 Å². The predicted molar refractivity (Wildman–Crippen MR) is 68.0 cm³/mol. The molecular formula is C15H15N. The lowest BCUT2D eigenvalue weighted by atomic mass is 9.92. The van der Waals surface area contributed by atoms with Crippen LogP contribution < -0.4 is 5.32 Å². The first kappa shape index (κ1) is 8.63. The largest absolute Gasteiger partial charge is 0.381 e. The molecule has 2 aliphatic rings. The Bertz CT molecular complexity index is 558. The second-order valence-corrected chi connectivity index (χ2v) is 5.04. The van der Waals surface area contributed by atoms with Gasteiger partial charge in [-0.05, 0) is 35.2 Å². The van der Waals surface area contributed by atoms with Crippen molar-refractivity contribution in [3.63, 3.8) is 0 Å². The van der Waals surface area contributed by atoms with Crippen LogP contribution in [0, 0.1) is 0 Å². The Kier molecular flexibility index (Phi) is 1.62. The molecule has 4 rings (SSSR count). The van der Waals surface area contributed by atoms with Crippen molar-refractivity contribution >= 4 is 16.5 Å². The summed E-state index contributed by atoms with van der Waals surface area (Å²) in [5.41, 5.74) is 2.97. The molecule has 1 aliphatic carbocycles. The number of hydrogen-bond acceptors (Lipinski definition) is 1. The molecule has 0 aromatic heterocycles. The smallest absolute Gasteiger partial charge is 0.0385 e. The SMILES string of the molecule is c1ccc2c3c(ccc2c1)NC1CCCC31. The Morgan fingerprint density at radius 2 is 1.94 bits per heavy atom. The summed E-state index contributed by atoms with van der Waals surface area (Å²) in [7, 11) is 0. The molecule has 2 aromatic carbocycles. The van der Waals surface area contributed by atoms with Gasteiger partial charge in [0.2, 0.25) is 0 Å². The molecular weight excluding hydrogens is 194 g/mol. The van der Waals surface area contributed by atoms with Crippen LogP contribution in [0.1, 0.15) is 30.7 Å². The number of hydrogen-bond donors (Lipinski definition) is 1. The first-order valence-electron chi connectivity index (χ1n) is 6.22. The molecule has 1 fully saturated rings. The molecule has 2 unspecified atom stereocenters. The number of benzene rings is 2. The van der Waals surface area contributed by atoms with Crippen LogP contribution in [0.4, 0.5) is 5.69 Å². The molecule has 0 radical (unpaired) electrons. The molecule has 0 spiro atoms. The maximum atomic E-state index is 3.69. The van der Waals surface area contributed by atoms with Gasteiger partial charge in [0.15, 0.2) is 0 Å². The van der Waals surface area contributed by atoms with Gasteiger partial charge >= 0.3 is 0 Å². The summed E-state index contributed by atoms with van der Waals surface area (Å²) in [6.07, 6.45) is 4.08. The van der Waals surface area contributed by atoms with Crippen molar-refractivity contribution < 1.29 is 0 Å². The van der Waals surface area contributed by atoms with Crippen molar-refractivity contribution in [3.05, 3.63) is 42.0 Å². The Morgan fingerprint density at radius 1 is 1.00 bits per heavy atom. The van der Waals surface area contributed by atoms with Gasteiger partial charge in [0.25, 0.3) is 0 Å². The van der Waals surface area contributed by atoms with Gasteiger partial charge in [-0.15, -0.1) is 0 Å². The van der Waals surface area contributed by atoms with Gasteiger partial charge in [0.05, 0.1) is 0 Å². The summed E-state index contributed by atoms with van der Waals surface area (Å²) in [6.45, 7) is 0. The van der Waals surface area contributed by atoms with Crippen molar-refractivity contribution in [3.8, 4) is 0 Å². The lowest BCUT2D eigenvalue weighted by molar-refractivity contribution is 0.693. The highest BCUT2D eigenvalue weighted by Gasteiger charge is 2.36. The molecule has 2 aromatic rings. The predicted octanol–water partition coefficient (Wildman–Crippen LogP) is 3.90. The summed E-state index contributed by atoms with van der Waals surface area (Å²) in [4.78, 5) is 0. The second kappa shape index (κ2) is 3.00. The fourth-order valence-electron chi connectivity index (χ4n) is 3.50. The van der Waals surface area contributed by atoms with Crippen molar-refractivity contribution in [1.82, 2.24) is 0 Å². The highest BCUT2D eigenvalue weighted by molar-refractivity contribution is 5.92. The van der Waals surface area contributed by atoms with E-state index in [1.807, 2.05) is 0 Å². The third kappa shape index (κ3) is 1.01. The maximum Gasteiger partial charge on any atom is 0.0385 e. The zero-order valence-electron chi connectivity index (χ0n) is 9.24. The monoisotopic (exact) mass is 209 g/mol. The van der Waals surface area contributed by atoms with Crippen LogP contribution in [0.3, 0.4) is 0 Å². The Morgan fingerprint density at radius 3 is 2.94 bits per heavy atom. The van der Waals surface area contributed by atoms with Gasteiger partial charge in [0.1, 0.15) is 0 Å². The lowest BCUT2D eigenvalue weighted by Gasteiger charge is -2.10. The van der Waals surface area contributed by atoms with E-state index < -0.39 is 0 Å². The van der Waals surface area contributed by atoms with Crippen molar-refractivity contribution in [2.24, 2.45) is 0 Å². The third-order valence-electron chi connectivity index (χ3n) is 4.20. The highest BCUT2D eigenvalue weighted by Crippen LogP contribution is 2.47. The minimum atomic E-state index is 0.709. The molecule has 0 saturated heterocycles. The standard InChI is InChI=1S/C15H15N/c1-2-5-11-10(4-1)8-9-14-15(11)12-6-3-7-13(12)16-14/h1-2,4-5,8-9,12-13,16H,3,6-7H2. The average Bonchev–Trinajstić information content (AvgIpc) is 2.88. The van der Waals surface area contributed by atoms with E-state index in [0.717, 1.165) is 5.92 Å². The maximum absolute atomic E-state index is 3.69. The van der Waals surface area contributed by atoms with Gasteiger partial charge in [-0.3, -0.25) is 0 Å². The number of nitrogens with one attached hydrogen (secondary N) is 1. The van der Waals surface area contributed by atoms with Crippen LogP contribution in [-0.2, 0) is 0 Å². The summed E-state index contributed by atoms with van der Waals surface area (Å²) < 4.78 is 0. The fourth-order valence-corrected chi connectivity index (χ4v) is 3.50. The van der Waals surface area contributed by atoms with Crippen LogP contribution in [0.25, 0.3) is 10.8 Å². The molecule has 80 valence electrons. The van der Waals surface area contributed by atoms with Crippen LogP contribution in [0.15, 0.2) is 36.4 Å². The summed E-state index contributed by atoms with van der Waals surface area (Å²) in [5, 5.41) is 6.53. The van der Waals surface area contributed by atoms with Gasteiger partial charge in [-0.25, -0.2) is 0 Å². The van der Waals surface area contributed by atoms with Crippen molar-refractivity contribution in [2.45, 2.75) is 31.2 Å². The Labute approximate surface area is 95.5 Å². The Hall–Kier alpha value is -1.50. The summed E-state index contributed by atoms with van der Waals surface area (Å²) in [6, 6.07) is 14.0. The molecule has 16 heavy (non-hydrogen) atoms. The Balaban J connectivity index is 2.03. The zero-order chi connectivity index (χ0) is 10.5. The lowest BCUT2D eigenvalue weighted by Crippen LogP contribution is -2.13. The summed E-state index contributed by atoms with van der Waals surface area (Å²) >= 11 is 0. The molecule has 1 nitrogen and oxygen atoms in total. The van der Waals surface area contributed by atoms with Crippen LogP contribution in [-0.4, -0.2) is 6.04 Å². The number of anilines is 1. The molecule has 2 atom stereocenters. The molecule has 1 N–H and O–H groups in total. The van der Waals surface area contributed by atoms with Crippen LogP contribution in [0.2, 0.25) is 0 Å². The first-order chi connectivity index (χ1) is 7.93. The van der Waals surface area contributed by atoms with Gasteiger partial charge in [0, 0.05) is 17.6 Å². The van der Waals surface area contributed by atoms with Crippen LogP contribution in [0.5, 0.6) is 0 Å². The van der Waals surface area contributed by atoms with E-state index in [1.54, 1.807) is 5.56 Å². The third-order valence-corrected chi connectivity index (χ3v) is 4.20. The van der Waals surface area contributed by atoms with E-state index in [0.29, 0.717) is 6.04 Å². The minimum absolute atomic E-state index is 0.709. The normalized spacial score (nSPS) is 26.5. The van der Waals surface area contributed by atoms with E-state index in [2.05, 4.69) is 41.7 Å². The summed E-state index contributed by atoms with van der Waals surface area (Å²) in [5.74, 6) is 0.765. The van der Waals surface area contributed by atoms with E-state index in [1.165, 1.54) is 35.7 Å². The molecule has 1 heterocycles. The topological polar surface area (TPSA) is 12.0 Å². The highest BCUT2D eigenvalue weighted by atomic mass is 15.0. The molecule has 1 aliphatic heterocycles. The second-order valence-electron chi connectivity index (χ2n) is 5.04. The molecule has 0 bridgehead atoms.